The third-order valence-electron chi connectivity index (χ3n) is 4.23. The third-order valence-corrected chi connectivity index (χ3v) is 4.23. The Balaban J connectivity index is 1.80. The standard InChI is InChI=1S/C18H23FN2O3/c1-11-5-6-12(10-21(11)17(22)24-18(2,3)4)16-20-14-9-13(19)7-8-15(14)23-16/h7-9,11-12H,5-6,10H2,1-4H3. The fourth-order valence-electron chi connectivity index (χ4n) is 2.98. The molecule has 24 heavy (non-hydrogen) atoms. The maximum atomic E-state index is 13.3. The molecule has 1 aliphatic heterocycles. The van der Waals surface area contributed by atoms with Gasteiger partial charge in [0, 0.05) is 18.7 Å². The number of likely N-dealkylation sites (tertiary alicyclic amines) is 1. The molecular weight excluding hydrogens is 311 g/mol. The number of hydrogen-bond donors (Lipinski definition) is 0. The molecule has 0 radical (unpaired) electrons. The highest BCUT2D eigenvalue weighted by Gasteiger charge is 2.34. The molecule has 1 aromatic heterocycles. The highest BCUT2D eigenvalue weighted by Crippen LogP contribution is 2.32. The Hall–Kier alpha value is -2.11. The Labute approximate surface area is 140 Å². The lowest BCUT2D eigenvalue weighted by molar-refractivity contribution is 0.00876. The normalized spacial score (nSPS) is 22.0. The van der Waals surface area contributed by atoms with Gasteiger partial charge in [-0.05, 0) is 52.7 Å². The number of benzene rings is 1. The molecule has 6 heteroatoms. The first kappa shape index (κ1) is 16.7. The Morgan fingerprint density at radius 2 is 2.12 bits per heavy atom. The van der Waals surface area contributed by atoms with Gasteiger partial charge in [0.15, 0.2) is 11.5 Å². The van der Waals surface area contributed by atoms with Crippen molar-refractivity contribution >= 4 is 17.2 Å². The van der Waals surface area contributed by atoms with E-state index in [1.807, 2.05) is 27.7 Å². The van der Waals surface area contributed by atoms with Gasteiger partial charge in [-0.3, -0.25) is 0 Å². The molecule has 1 aromatic carbocycles. The summed E-state index contributed by atoms with van der Waals surface area (Å²) >= 11 is 0. The van der Waals surface area contributed by atoms with Gasteiger partial charge in [0.25, 0.3) is 0 Å². The van der Waals surface area contributed by atoms with E-state index in [-0.39, 0.29) is 23.9 Å². The molecular formula is C18H23FN2O3. The van der Waals surface area contributed by atoms with Crippen molar-refractivity contribution in [2.24, 2.45) is 0 Å². The Morgan fingerprint density at radius 1 is 1.38 bits per heavy atom. The van der Waals surface area contributed by atoms with Gasteiger partial charge < -0.3 is 14.1 Å². The van der Waals surface area contributed by atoms with Crippen LogP contribution in [0, 0.1) is 5.82 Å². The van der Waals surface area contributed by atoms with Crippen LogP contribution >= 0.6 is 0 Å². The Morgan fingerprint density at radius 3 is 2.83 bits per heavy atom. The predicted octanol–water partition coefficient (Wildman–Crippen LogP) is 4.47. The van der Waals surface area contributed by atoms with E-state index in [9.17, 15) is 9.18 Å². The minimum absolute atomic E-state index is 0.0100. The van der Waals surface area contributed by atoms with Gasteiger partial charge >= 0.3 is 6.09 Å². The van der Waals surface area contributed by atoms with Crippen LogP contribution in [0.15, 0.2) is 22.6 Å². The maximum absolute atomic E-state index is 13.3. The first-order valence-corrected chi connectivity index (χ1v) is 8.28. The summed E-state index contributed by atoms with van der Waals surface area (Å²) in [5.41, 5.74) is 0.542. The molecule has 3 rings (SSSR count). The molecule has 5 nitrogen and oxygen atoms in total. The van der Waals surface area contributed by atoms with Crippen molar-refractivity contribution in [3.05, 3.63) is 29.9 Å². The molecule has 2 aromatic rings. The maximum Gasteiger partial charge on any atom is 0.410 e. The fraction of sp³-hybridized carbons (Fsp3) is 0.556. The zero-order valence-corrected chi connectivity index (χ0v) is 14.5. The minimum Gasteiger partial charge on any atom is -0.444 e. The van der Waals surface area contributed by atoms with Crippen molar-refractivity contribution in [1.29, 1.82) is 0 Å². The smallest absolute Gasteiger partial charge is 0.410 e. The third kappa shape index (κ3) is 3.52. The number of piperidine rings is 1. The van der Waals surface area contributed by atoms with Gasteiger partial charge in [0.2, 0.25) is 0 Å². The number of nitrogens with zero attached hydrogens (tertiary/aromatic N) is 2. The van der Waals surface area contributed by atoms with Crippen LogP contribution in [0.4, 0.5) is 9.18 Å². The van der Waals surface area contributed by atoms with E-state index >= 15 is 0 Å². The van der Waals surface area contributed by atoms with Crippen LogP contribution in [0.1, 0.15) is 52.3 Å². The van der Waals surface area contributed by atoms with Gasteiger partial charge in [0.1, 0.15) is 16.9 Å². The van der Waals surface area contributed by atoms with Crippen LogP contribution < -0.4 is 0 Å². The fourth-order valence-corrected chi connectivity index (χ4v) is 2.98. The molecule has 1 fully saturated rings. The molecule has 0 N–H and O–H groups in total. The molecule has 1 saturated heterocycles. The van der Waals surface area contributed by atoms with E-state index < -0.39 is 5.60 Å². The number of oxazole rings is 1. The molecule has 2 atom stereocenters. The van der Waals surface area contributed by atoms with Crippen molar-refractivity contribution in [3.63, 3.8) is 0 Å². The minimum atomic E-state index is -0.529. The van der Waals surface area contributed by atoms with E-state index in [1.54, 1.807) is 11.0 Å². The molecule has 2 heterocycles. The largest absolute Gasteiger partial charge is 0.444 e. The lowest BCUT2D eigenvalue weighted by atomic mass is 9.94. The summed E-state index contributed by atoms with van der Waals surface area (Å²) in [7, 11) is 0. The second-order valence-electron chi connectivity index (χ2n) is 7.42. The zero-order chi connectivity index (χ0) is 17.5. The summed E-state index contributed by atoms with van der Waals surface area (Å²) in [5.74, 6) is 0.204. The summed E-state index contributed by atoms with van der Waals surface area (Å²) < 4.78 is 24.6. The topological polar surface area (TPSA) is 55.6 Å². The quantitative estimate of drug-likeness (QED) is 0.772. The molecule has 2 unspecified atom stereocenters. The average Bonchev–Trinajstić information content (AvgIpc) is 2.88. The number of ether oxygens (including phenoxy) is 1. The first-order valence-electron chi connectivity index (χ1n) is 8.28. The Bertz CT molecular complexity index is 750. The number of aromatic nitrogens is 1. The number of rotatable bonds is 1. The van der Waals surface area contributed by atoms with E-state index in [0.717, 1.165) is 12.8 Å². The molecule has 130 valence electrons. The highest BCUT2D eigenvalue weighted by atomic mass is 19.1. The van der Waals surface area contributed by atoms with E-state index in [0.29, 0.717) is 23.5 Å². The summed E-state index contributed by atoms with van der Waals surface area (Å²) in [6.45, 7) is 8.07. The summed E-state index contributed by atoms with van der Waals surface area (Å²) in [6, 6.07) is 4.41. The van der Waals surface area contributed by atoms with Crippen molar-refractivity contribution in [2.45, 2.75) is 58.1 Å². The van der Waals surface area contributed by atoms with E-state index in [1.165, 1.54) is 12.1 Å². The molecule has 0 aliphatic carbocycles. The van der Waals surface area contributed by atoms with Gasteiger partial charge in [0.05, 0.1) is 5.92 Å². The number of carbonyl (C=O) groups excluding carboxylic acids is 1. The first-order chi connectivity index (χ1) is 11.2. The van der Waals surface area contributed by atoms with Crippen LogP contribution in [0.5, 0.6) is 0 Å². The number of hydrogen-bond acceptors (Lipinski definition) is 4. The number of carbonyl (C=O) groups is 1. The monoisotopic (exact) mass is 334 g/mol. The lowest BCUT2D eigenvalue weighted by Crippen LogP contribution is -2.47. The van der Waals surface area contributed by atoms with Crippen LogP contribution in [-0.4, -0.2) is 34.2 Å². The van der Waals surface area contributed by atoms with Crippen molar-refractivity contribution in [1.82, 2.24) is 9.88 Å². The van der Waals surface area contributed by atoms with Crippen molar-refractivity contribution in [3.8, 4) is 0 Å². The van der Waals surface area contributed by atoms with E-state index in [2.05, 4.69) is 4.98 Å². The van der Waals surface area contributed by atoms with Crippen LogP contribution in [0.25, 0.3) is 11.1 Å². The average molecular weight is 334 g/mol. The van der Waals surface area contributed by atoms with Gasteiger partial charge in [-0.15, -0.1) is 0 Å². The van der Waals surface area contributed by atoms with Crippen LogP contribution in [0.3, 0.4) is 0 Å². The second-order valence-corrected chi connectivity index (χ2v) is 7.42. The summed E-state index contributed by atoms with van der Waals surface area (Å²) in [4.78, 5) is 18.6. The molecule has 1 amide bonds. The van der Waals surface area contributed by atoms with Crippen LogP contribution in [-0.2, 0) is 4.74 Å². The highest BCUT2D eigenvalue weighted by molar-refractivity contribution is 5.72. The molecule has 1 aliphatic rings. The molecule has 0 bridgehead atoms. The zero-order valence-electron chi connectivity index (χ0n) is 14.5. The summed E-state index contributed by atoms with van der Waals surface area (Å²) in [6.07, 6.45) is 1.40. The van der Waals surface area contributed by atoms with Crippen molar-refractivity contribution < 1.29 is 18.3 Å². The number of fused-ring (bicyclic) bond motifs is 1. The van der Waals surface area contributed by atoms with Gasteiger partial charge in [-0.2, -0.15) is 0 Å². The number of amides is 1. The lowest BCUT2D eigenvalue weighted by Gasteiger charge is -2.37. The van der Waals surface area contributed by atoms with Gasteiger partial charge in [-0.1, -0.05) is 0 Å². The number of halogens is 1. The SMILES string of the molecule is CC1CCC(c2nc3cc(F)ccc3o2)CN1C(=O)OC(C)(C)C. The molecule has 0 spiro atoms. The summed E-state index contributed by atoms with van der Waals surface area (Å²) in [5, 5.41) is 0. The van der Waals surface area contributed by atoms with E-state index in [4.69, 9.17) is 9.15 Å². The molecule has 0 saturated carbocycles. The second kappa shape index (κ2) is 6.07. The van der Waals surface area contributed by atoms with Crippen molar-refractivity contribution in [2.75, 3.05) is 6.54 Å². The van der Waals surface area contributed by atoms with Gasteiger partial charge in [-0.25, -0.2) is 14.2 Å². The predicted molar refractivity (Wildman–Crippen MR) is 88.3 cm³/mol. The Kier molecular flexibility index (Phi) is 4.24. The van der Waals surface area contributed by atoms with Crippen LogP contribution in [0.2, 0.25) is 0 Å².